The van der Waals surface area contributed by atoms with Crippen molar-refractivity contribution >= 4 is 44.9 Å². The minimum atomic E-state index is 0.620. The first-order chi connectivity index (χ1) is 10.0. The van der Waals surface area contributed by atoms with Crippen LogP contribution in [-0.4, -0.2) is 15.2 Å². The second-order valence-electron chi connectivity index (χ2n) is 6.10. The van der Waals surface area contributed by atoms with Gasteiger partial charge >= 0.3 is 0 Å². The number of hydrogen-bond donors (Lipinski definition) is 0. The molecular formula is C16H21ClN2S2. The van der Waals surface area contributed by atoms with Crippen molar-refractivity contribution in [3.63, 3.8) is 0 Å². The Labute approximate surface area is 139 Å². The van der Waals surface area contributed by atoms with Crippen LogP contribution in [-0.2, 0) is 5.75 Å². The second-order valence-corrected chi connectivity index (χ2v) is 8.95. The van der Waals surface area contributed by atoms with E-state index in [0.717, 1.165) is 33.0 Å². The van der Waals surface area contributed by atoms with Gasteiger partial charge in [-0.05, 0) is 38.2 Å². The lowest BCUT2D eigenvalue weighted by Crippen LogP contribution is -2.15. The predicted octanol–water partition coefficient (Wildman–Crippen LogP) is 5.77. The summed E-state index contributed by atoms with van der Waals surface area (Å²) in [5.41, 5.74) is 1.22. The molecule has 1 aliphatic rings. The molecule has 2 aromatic heterocycles. The van der Waals surface area contributed by atoms with Crippen LogP contribution in [0.3, 0.4) is 0 Å². The summed E-state index contributed by atoms with van der Waals surface area (Å²) in [6, 6.07) is 0. The van der Waals surface area contributed by atoms with Crippen molar-refractivity contribution in [1.29, 1.82) is 0 Å². The summed E-state index contributed by atoms with van der Waals surface area (Å²) in [5.74, 6) is 2.63. The molecule has 1 saturated carbocycles. The molecule has 1 fully saturated rings. The van der Waals surface area contributed by atoms with Crippen LogP contribution in [0.15, 0.2) is 0 Å². The summed E-state index contributed by atoms with van der Waals surface area (Å²) < 4.78 is 0. The molecule has 0 amide bonds. The van der Waals surface area contributed by atoms with E-state index in [-0.39, 0.29) is 0 Å². The predicted molar refractivity (Wildman–Crippen MR) is 94.6 cm³/mol. The fraction of sp³-hybridized carbons (Fsp3) is 0.625. The SMILES string of the molecule is Cc1sc2nc(CSC3CCCC(C)C3)nc(Cl)c2c1C. The number of aryl methyl sites for hydroxylation is 2. The molecule has 0 N–H and O–H groups in total. The van der Waals surface area contributed by atoms with Gasteiger partial charge in [0.25, 0.3) is 0 Å². The van der Waals surface area contributed by atoms with Gasteiger partial charge in [-0.2, -0.15) is 11.8 Å². The smallest absolute Gasteiger partial charge is 0.141 e. The van der Waals surface area contributed by atoms with E-state index in [0.29, 0.717) is 5.15 Å². The fourth-order valence-electron chi connectivity index (χ4n) is 3.03. The number of thioether (sulfide) groups is 1. The summed E-state index contributed by atoms with van der Waals surface area (Å²) in [6.45, 7) is 6.58. The molecule has 5 heteroatoms. The summed E-state index contributed by atoms with van der Waals surface area (Å²) in [4.78, 5) is 11.6. The molecule has 2 unspecified atom stereocenters. The highest BCUT2D eigenvalue weighted by molar-refractivity contribution is 7.99. The Bertz CT molecular complexity index is 653. The zero-order valence-electron chi connectivity index (χ0n) is 12.8. The van der Waals surface area contributed by atoms with Crippen LogP contribution >= 0.6 is 34.7 Å². The highest BCUT2D eigenvalue weighted by Gasteiger charge is 2.20. The number of rotatable bonds is 3. The Morgan fingerprint density at radius 1 is 1.29 bits per heavy atom. The van der Waals surface area contributed by atoms with Crippen LogP contribution < -0.4 is 0 Å². The maximum Gasteiger partial charge on any atom is 0.141 e. The number of aromatic nitrogens is 2. The van der Waals surface area contributed by atoms with Gasteiger partial charge in [0.05, 0.1) is 11.1 Å². The third kappa shape index (κ3) is 3.38. The number of thiophene rings is 1. The minimum absolute atomic E-state index is 0.620. The van der Waals surface area contributed by atoms with Gasteiger partial charge in [-0.15, -0.1) is 11.3 Å². The van der Waals surface area contributed by atoms with Crippen molar-refractivity contribution in [2.24, 2.45) is 5.92 Å². The minimum Gasteiger partial charge on any atom is -0.221 e. The third-order valence-electron chi connectivity index (χ3n) is 4.37. The van der Waals surface area contributed by atoms with Gasteiger partial charge in [0.15, 0.2) is 0 Å². The number of nitrogens with zero attached hydrogens (tertiary/aromatic N) is 2. The van der Waals surface area contributed by atoms with Crippen molar-refractivity contribution in [3.05, 3.63) is 21.4 Å². The van der Waals surface area contributed by atoms with E-state index in [1.54, 1.807) is 11.3 Å². The summed E-state index contributed by atoms with van der Waals surface area (Å²) in [7, 11) is 0. The van der Waals surface area contributed by atoms with Crippen LogP contribution in [0.5, 0.6) is 0 Å². The van der Waals surface area contributed by atoms with Gasteiger partial charge in [-0.3, -0.25) is 0 Å². The topological polar surface area (TPSA) is 25.8 Å². The van der Waals surface area contributed by atoms with E-state index in [9.17, 15) is 0 Å². The molecule has 2 heterocycles. The molecule has 0 aliphatic heterocycles. The molecule has 114 valence electrons. The number of halogens is 1. The molecule has 1 aliphatic carbocycles. The summed E-state index contributed by atoms with van der Waals surface area (Å²) in [6.07, 6.45) is 5.42. The molecule has 0 spiro atoms. The van der Waals surface area contributed by atoms with Crippen LogP contribution in [0, 0.1) is 19.8 Å². The van der Waals surface area contributed by atoms with Gasteiger partial charge in [0.2, 0.25) is 0 Å². The van der Waals surface area contributed by atoms with Gasteiger partial charge < -0.3 is 0 Å². The zero-order valence-corrected chi connectivity index (χ0v) is 15.2. The number of fused-ring (bicyclic) bond motifs is 1. The number of hydrogen-bond acceptors (Lipinski definition) is 4. The molecule has 0 aromatic carbocycles. The molecule has 21 heavy (non-hydrogen) atoms. The van der Waals surface area contributed by atoms with E-state index < -0.39 is 0 Å². The van der Waals surface area contributed by atoms with E-state index in [4.69, 9.17) is 16.6 Å². The average Bonchev–Trinajstić information content (AvgIpc) is 2.72. The zero-order chi connectivity index (χ0) is 15.0. The average molecular weight is 341 g/mol. The van der Waals surface area contributed by atoms with Gasteiger partial charge in [-0.25, -0.2) is 9.97 Å². The van der Waals surface area contributed by atoms with Crippen molar-refractivity contribution in [3.8, 4) is 0 Å². The first-order valence-electron chi connectivity index (χ1n) is 7.58. The normalized spacial score (nSPS) is 22.9. The highest BCUT2D eigenvalue weighted by atomic mass is 35.5. The Hall–Kier alpha value is -0.320. The lowest BCUT2D eigenvalue weighted by molar-refractivity contribution is 0.394. The largest absolute Gasteiger partial charge is 0.221 e. The maximum absolute atomic E-state index is 6.37. The van der Waals surface area contributed by atoms with Crippen LogP contribution in [0.2, 0.25) is 5.15 Å². The molecular weight excluding hydrogens is 320 g/mol. The van der Waals surface area contributed by atoms with Crippen molar-refractivity contribution in [1.82, 2.24) is 9.97 Å². The van der Waals surface area contributed by atoms with Crippen molar-refractivity contribution in [2.75, 3.05) is 0 Å². The standard InChI is InChI=1S/C16H21ClN2S2/c1-9-5-4-6-12(7-9)20-8-13-18-15(17)14-10(2)11(3)21-16(14)19-13/h9,12H,4-8H2,1-3H3. The molecule has 2 aromatic rings. The first kappa shape index (κ1) is 15.6. The molecule has 2 atom stereocenters. The Morgan fingerprint density at radius 3 is 2.86 bits per heavy atom. The second kappa shape index (κ2) is 6.43. The van der Waals surface area contributed by atoms with Gasteiger partial charge in [0.1, 0.15) is 15.8 Å². The van der Waals surface area contributed by atoms with E-state index in [1.165, 1.54) is 36.1 Å². The fourth-order valence-corrected chi connectivity index (χ4v) is 5.77. The molecule has 0 bridgehead atoms. The van der Waals surface area contributed by atoms with Gasteiger partial charge in [-0.1, -0.05) is 31.4 Å². The summed E-state index contributed by atoms with van der Waals surface area (Å²) >= 11 is 10.1. The highest BCUT2D eigenvalue weighted by Crippen LogP contribution is 2.35. The molecule has 0 radical (unpaired) electrons. The third-order valence-corrected chi connectivity index (χ3v) is 7.07. The Kier molecular flexibility index (Phi) is 4.77. The monoisotopic (exact) mass is 340 g/mol. The van der Waals surface area contributed by atoms with Crippen LogP contribution in [0.1, 0.15) is 48.9 Å². The molecule has 0 saturated heterocycles. The van der Waals surface area contributed by atoms with Crippen molar-refractivity contribution in [2.45, 2.75) is 57.5 Å². The quantitative estimate of drug-likeness (QED) is 0.663. The maximum atomic E-state index is 6.37. The van der Waals surface area contributed by atoms with Crippen LogP contribution in [0.4, 0.5) is 0 Å². The Balaban J connectivity index is 1.75. The van der Waals surface area contributed by atoms with Crippen LogP contribution in [0.25, 0.3) is 10.2 Å². The van der Waals surface area contributed by atoms with Gasteiger partial charge in [0, 0.05) is 10.1 Å². The lowest BCUT2D eigenvalue weighted by atomic mass is 9.91. The lowest BCUT2D eigenvalue weighted by Gasteiger charge is -2.25. The van der Waals surface area contributed by atoms with E-state index >= 15 is 0 Å². The molecule has 3 rings (SSSR count). The van der Waals surface area contributed by atoms with E-state index in [2.05, 4.69) is 25.8 Å². The first-order valence-corrected chi connectivity index (χ1v) is 9.82. The van der Waals surface area contributed by atoms with E-state index in [1.807, 2.05) is 11.8 Å². The Morgan fingerprint density at radius 2 is 2.10 bits per heavy atom. The van der Waals surface area contributed by atoms with Crippen molar-refractivity contribution < 1.29 is 0 Å². The summed E-state index contributed by atoms with van der Waals surface area (Å²) in [5, 5.41) is 2.42. The molecule has 2 nitrogen and oxygen atoms in total.